The van der Waals surface area contributed by atoms with E-state index in [1.54, 1.807) is 12.1 Å². The Bertz CT molecular complexity index is 310. The summed E-state index contributed by atoms with van der Waals surface area (Å²) in [6.45, 7) is 2.08. The molecule has 2 atom stereocenters. The zero-order valence-electron chi connectivity index (χ0n) is 7.05. The lowest BCUT2D eigenvalue weighted by Gasteiger charge is -2.09. The Morgan fingerprint density at radius 2 is 2.25 bits per heavy atom. The molecule has 0 radical (unpaired) electrons. The van der Waals surface area contributed by atoms with E-state index < -0.39 is 0 Å². The molecule has 0 heterocycles. The molecule has 0 aromatic heterocycles. The minimum atomic E-state index is -0.173. The van der Waals surface area contributed by atoms with Crippen LogP contribution < -0.4 is 5.73 Å². The molecule has 0 spiro atoms. The van der Waals surface area contributed by atoms with Gasteiger partial charge in [0.05, 0.1) is 0 Å². The topological polar surface area (TPSA) is 26.0 Å². The van der Waals surface area contributed by atoms with Crippen LogP contribution in [0.15, 0.2) is 24.3 Å². The minimum Gasteiger partial charge on any atom is -0.327 e. The monoisotopic (exact) mass is 165 g/mol. The van der Waals surface area contributed by atoms with Crippen molar-refractivity contribution in [3.8, 4) is 0 Å². The average Bonchev–Trinajstić information content (AvgIpc) is 2.61. The minimum absolute atomic E-state index is 0.0299. The van der Waals surface area contributed by atoms with E-state index >= 15 is 0 Å². The van der Waals surface area contributed by atoms with Gasteiger partial charge in [-0.3, -0.25) is 0 Å². The highest BCUT2D eigenvalue weighted by Gasteiger charge is 2.48. The van der Waals surface area contributed by atoms with Gasteiger partial charge in [0.25, 0.3) is 0 Å². The van der Waals surface area contributed by atoms with Gasteiger partial charge in [-0.25, -0.2) is 4.39 Å². The molecular formula is C10H12FN. The van der Waals surface area contributed by atoms with E-state index in [4.69, 9.17) is 5.73 Å². The first-order valence-corrected chi connectivity index (χ1v) is 4.14. The molecule has 2 N–H and O–H groups in total. The Morgan fingerprint density at radius 1 is 1.58 bits per heavy atom. The van der Waals surface area contributed by atoms with E-state index in [0.29, 0.717) is 0 Å². The van der Waals surface area contributed by atoms with Gasteiger partial charge in [0, 0.05) is 11.5 Å². The molecule has 2 heteroatoms. The van der Waals surface area contributed by atoms with E-state index in [1.807, 2.05) is 6.07 Å². The largest absolute Gasteiger partial charge is 0.327 e. The van der Waals surface area contributed by atoms with Crippen molar-refractivity contribution in [2.24, 2.45) is 5.73 Å². The van der Waals surface area contributed by atoms with Crippen molar-refractivity contribution in [1.82, 2.24) is 0 Å². The van der Waals surface area contributed by atoms with Gasteiger partial charge in [0.2, 0.25) is 0 Å². The fourth-order valence-corrected chi connectivity index (χ4v) is 1.57. The van der Waals surface area contributed by atoms with Crippen LogP contribution >= 0.6 is 0 Å². The lowest BCUT2D eigenvalue weighted by atomic mass is 9.97. The second-order valence-electron chi connectivity index (χ2n) is 3.74. The summed E-state index contributed by atoms with van der Waals surface area (Å²) < 4.78 is 12.8. The van der Waals surface area contributed by atoms with Crippen LogP contribution in [-0.4, -0.2) is 6.04 Å². The van der Waals surface area contributed by atoms with Crippen LogP contribution in [0.25, 0.3) is 0 Å². The third kappa shape index (κ3) is 1.03. The van der Waals surface area contributed by atoms with Crippen molar-refractivity contribution in [3.05, 3.63) is 35.6 Å². The molecule has 1 aliphatic carbocycles. The molecule has 12 heavy (non-hydrogen) atoms. The quantitative estimate of drug-likeness (QED) is 0.674. The number of halogens is 1. The molecule has 1 saturated carbocycles. The third-order valence-electron chi connectivity index (χ3n) is 2.79. The summed E-state index contributed by atoms with van der Waals surface area (Å²) >= 11 is 0. The molecule has 0 bridgehead atoms. The summed E-state index contributed by atoms with van der Waals surface area (Å²) in [6.07, 6.45) is 0.969. The molecule has 0 amide bonds. The Labute approximate surface area is 71.4 Å². The number of hydrogen-bond acceptors (Lipinski definition) is 1. The first-order chi connectivity index (χ1) is 5.63. The van der Waals surface area contributed by atoms with Crippen LogP contribution in [0.5, 0.6) is 0 Å². The lowest BCUT2D eigenvalue weighted by Crippen LogP contribution is -2.14. The smallest absolute Gasteiger partial charge is 0.123 e. The highest BCUT2D eigenvalue weighted by Crippen LogP contribution is 2.46. The maximum absolute atomic E-state index is 12.8. The second-order valence-corrected chi connectivity index (χ2v) is 3.74. The number of nitrogens with two attached hydrogens (primary N) is 1. The summed E-state index contributed by atoms with van der Waals surface area (Å²) in [7, 11) is 0. The zero-order chi connectivity index (χ0) is 8.77. The van der Waals surface area contributed by atoms with Crippen molar-refractivity contribution in [2.75, 3.05) is 0 Å². The van der Waals surface area contributed by atoms with Gasteiger partial charge in [-0.2, -0.15) is 0 Å². The fourth-order valence-electron chi connectivity index (χ4n) is 1.57. The van der Waals surface area contributed by atoms with Gasteiger partial charge in [0.15, 0.2) is 0 Å². The SMILES string of the molecule is C[C@@]1(c2cccc(F)c2)C[C@@H]1N. The molecule has 1 aromatic rings. The van der Waals surface area contributed by atoms with E-state index in [-0.39, 0.29) is 17.3 Å². The summed E-state index contributed by atoms with van der Waals surface area (Å²) in [5, 5.41) is 0. The maximum Gasteiger partial charge on any atom is 0.123 e. The summed E-state index contributed by atoms with van der Waals surface area (Å²) in [5.41, 5.74) is 6.81. The number of hydrogen-bond donors (Lipinski definition) is 1. The zero-order valence-corrected chi connectivity index (χ0v) is 7.05. The number of rotatable bonds is 1. The van der Waals surface area contributed by atoms with E-state index in [1.165, 1.54) is 6.07 Å². The van der Waals surface area contributed by atoms with Crippen LogP contribution in [0.4, 0.5) is 4.39 Å². The Morgan fingerprint density at radius 3 is 2.75 bits per heavy atom. The molecule has 0 saturated heterocycles. The van der Waals surface area contributed by atoms with Crippen molar-refractivity contribution in [1.29, 1.82) is 0 Å². The first-order valence-electron chi connectivity index (χ1n) is 4.14. The predicted molar refractivity (Wildman–Crippen MR) is 46.3 cm³/mol. The van der Waals surface area contributed by atoms with E-state index in [9.17, 15) is 4.39 Å². The molecule has 1 aliphatic rings. The summed E-state index contributed by atoms with van der Waals surface area (Å²) in [6, 6.07) is 6.92. The summed E-state index contributed by atoms with van der Waals surface area (Å²) in [5.74, 6) is -0.173. The third-order valence-corrected chi connectivity index (χ3v) is 2.79. The number of benzene rings is 1. The fraction of sp³-hybridized carbons (Fsp3) is 0.400. The van der Waals surface area contributed by atoms with Crippen LogP contribution in [0.2, 0.25) is 0 Å². The lowest BCUT2D eigenvalue weighted by molar-refractivity contribution is 0.619. The molecule has 1 fully saturated rings. The standard InChI is InChI=1S/C10H12FN/c1-10(6-9(10)12)7-3-2-4-8(11)5-7/h2-5,9H,6,12H2,1H3/t9-,10-/m0/s1. The van der Waals surface area contributed by atoms with Gasteiger partial charge in [0.1, 0.15) is 5.82 Å². The van der Waals surface area contributed by atoms with Crippen LogP contribution in [-0.2, 0) is 5.41 Å². The van der Waals surface area contributed by atoms with Crippen LogP contribution in [0.1, 0.15) is 18.9 Å². The van der Waals surface area contributed by atoms with E-state index in [2.05, 4.69) is 6.92 Å². The molecule has 1 aromatic carbocycles. The second kappa shape index (κ2) is 2.30. The Balaban J connectivity index is 2.36. The maximum atomic E-state index is 12.8. The normalized spacial score (nSPS) is 33.4. The highest BCUT2D eigenvalue weighted by molar-refractivity contribution is 5.34. The van der Waals surface area contributed by atoms with Gasteiger partial charge < -0.3 is 5.73 Å². The van der Waals surface area contributed by atoms with Gasteiger partial charge in [-0.05, 0) is 24.1 Å². The van der Waals surface area contributed by atoms with Crippen LogP contribution in [0, 0.1) is 5.82 Å². The molecular weight excluding hydrogens is 153 g/mol. The molecule has 1 nitrogen and oxygen atoms in total. The van der Waals surface area contributed by atoms with Gasteiger partial charge >= 0.3 is 0 Å². The Kier molecular flexibility index (Phi) is 1.48. The summed E-state index contributed by atoms with van der Waals surface area (Å²) in [4.78, 5) is 0. The first kappa shape index (κ1) is 7.74. The van der Waals surface area contributed by atoms with Crippen molar-refractivity contribution >= 4 is 0 Å². The molecule has 64 valence electrons. The molecule has 2 rings (SSSR count). The molecule has 0 unspecified atom stereocenters. The van der Waals surface area contributed by atoms with Gasteiger partial charge in [-0.15, -0.1) is 0 Å². The molecule has 0 aliphatic heterocycles. The van der Waals surface area contributed by atoms with Crippen molar-refractivity contribution < 1.29 is 4.39 Å². The Hall–Kier alpha value is -0.890. The average molecular weight is 165 g/mol. The van der Waals surface area contributed by atoms with Crippen LogP contribution in [0.3, 0.4) is 0 Å². The van der Waals surface area contributed by atoms with Gasteiger partial charge in [-0.1, -0.05) is 19.1 Å². The highest BCUT2D eigenvalue weighted by atomic mass is 19.1. The van der Waals surface area contributed by atoms with E-state index in [0.717, 1.165) is 12.0 Å². The predicted octanol–water partition coefficient (Wildman–Crippen LogP) is 1.81. The van der Waals surface area contributed by atoms with Crippen molar-refractivity contribution in [3.63, 3.8) is 0 Å². The van der Waals surface area contributed by atoms with Crippen molar-refractivity contribution in [2.45, 2.75) is 24.8 Å².